The highest BCUT2D eigenvalue weighted by Gasteiger charge is 2.19. The lowest BCUT2D eigenvalue weighted by atomic mass is 10.1. The molecule has 7 heteroatoms. The number of β-amino-alcohol motifs (C(OH)–C–C–N with tert-alkyl or cyclic N) is 1. The number of halogens is 2. The number of ether oxygens (including phenoxy) is 1. The normalized spacial score (nSPS) is 19.0. The number of alkyl halides is 2. The van der Waals surface area contributed by atoms with Crippen molar-refractivity contribution in [2.75, 3.05) is 18.4 Å². The fraction of sp³-hybridized carbons (Fsp3) is 0.462. The number of nitrogens with zero attached hydrogens (tertiary/aromatic N) is 1. The second kappa shape index (κ2) is 6.81. The van der Waals surface area contributed by atoms with Crippen LogP contribution in [0.5, 0.6) is 5.75 Å². The molecule has 1 fully saturated rings. The van der Waals surface area contributed by atoms with Crippen LogP contribution in [0.15, 0.2) is 24.3 Å². The molecule has 0 aliphatic carbocycles. The minimum absolute atomic E-state index is 0.102. The average Bonchev–Trinajstić information content (AvgIpc) is 2.40. The number of rotatable bonds is 3. The van der Waals surface area contributed by atoms with Gasteiger partial charge in [-0.05, 0) is 49.3 Å². The number of nitrogens with one attached hydrogen (secondary N) is 1. The summed E-state index contributed by atoms with van der Waals surface area (Å²) in [5.74, 6) is 0.102. The molecule has 0 unspecified atom stereocenters. The summed E-state index contributed by atoms with van der Waals surface area (Å²) in [6.45, 7) is -1.52. The van der Waals surface area contributed by atoms with Gasteiger partial charge in [0.05, 0.1) is 6.10 Å². The predicted molar refractivity (Wildman–Crippen MR) is 76.1 cm³/mol. The zero-order valence-corrected chi connectivity index (χ0v) is 11.6. The molecule has 0 saturated carbocycles. The van der Waals surface area contributed by atoms with E-state index in [1.54, 1.807) is 12.1 Å². The number of benzene rings is 1. The van der Waals surface area contributed by atoms with Crippen LogP contribution < -0.4 is 10.1 Å². The zero-order valence-electron chi connectivity index (χ0n) is 10.8. The van der Waals surface area contributed by atoms with Gasteiger partial charge in [-0.1, -0.05) is 0 Å². The minimum Gasteiger partial charge on any atom is -0.435 e. The lowest BCUT2D eigenvalue weighted by Gasteiger charge is -2.32. The van der Waals surface area contributed by atoms with E-state index in [-0.39, 0.29) is 11.9 Å². The van der Waals surface area contributed by atoms with E-state index in [0.29, 0.717) is 17.3 Å². The minimum atomic E-state index is -2.83. The standard InChI is InChI=1S/C13H16F2N2O2S/c14-12(15)19-11-5-3-9(4-6-11)16-13(20)17-7-1-2-10(18)8-17/h3-6,10,12,18H,1-2,7-8H2,(H,16,20)/t10-/m0/s1. The third-order valence-corrected chi connectivity index (χ3v) is 3.37. The Bertz CT molecular complexity index is 456. The van der Waals surface area contributed by atoms with Crippen LogP contribution in [0.25, 0.3) is 0 Å². The molecule has 1 saturated heterocycles. The maximum Gasteiger partial charge on any atom is 0.387 e. The lowest BCUT2D eigenvalue weighted by Crippen LogP contribution is -2.44. The van der Waals surface area contributed by atoms with E-state index < -0.39 is 6.61 Å². The smallest absolute Gasteiger partial charge is 0.387 e. The number of aliphatic hydroxyl groups excluding tert-OH is 1. The van der Waals surface area contributed by atoms with Crippen LogP contribution >= 0.6 is 12.2 Å². The molecule has 1 atom stereocenters. The van der Waals surface area contributed by atoms with Crippen molar-refractivity contribution < 1.29 is 18.6 Å². The molecule has 0 aromatic heterocycles. The van der Waals surface area contributed by atoms with Crippen molar-refractivity contribution in [1.29, 1.82) is 0 Å². The van der Waals surface area contributed by atoms with Gasteiger partial charge >= 0.3 is 6.61 Å². The van der Waals surface area contributed by atoms with Crippen LogP contribution in [-0.2, 0) is 0 Å². The molecule has 2 N–H and O–H groups in total. The van der Waals surface area contributed by atoms with Crippen molar-refractivity contribution in [1.82, 2.24) is 4.90 Å². The molecule has 1 heterocycles. The number of anilines is 1. The van der Waals surface area contributed by atoms with Gasteiger partial charge < -0.3 is 20.1 Å². The summed E-state index contributed by atoms with van der Waals surface area (Å²) < 4.78 is 28.3. The Labute approximate surface area is 121 Å². The summed E-state index contributed by atoms with van der Waals surface area (Å²) in [5, 5.41) is 13.1. The van der Waals surface area contributed by atoms with Crippen LogP contribution in [-0.4, -0.2) is 40.9 Å². The summed E-state index contributed by atoms with van der Waals surface area (Å²) in [6.07, 6.45) is 1.33. The highest BCUT2D eigenvalue weighted by Crippen LogP contribution is 2.19. The Balaban J connectivity index is 1.90. The first-order valence-corrected chi connectivity index (χ1v) is 6.74. The summed E-state index contributed by atoms with van der Waals surface area (Å²) >= 11 is 5.26. The number of piperidine rings is 1. The molecule has 110 valence electrons. The van der Waals surface area contributed by atoms with Gasteiger partial charge in [0.1, 0.15) is 5.75 Å². The van der Waals surface area contributed by atoms with Gasteiger partial charge in [0.15, 0.2) is 5.11 Å². The molecule has 1 aliphatic heterocycles. The molecule has 0 radical (unpaired) electrons. The molecule has 2 rings (SSSR count). The van der Waals surface area contributed by atoms with E-state index in [9.17, 15) is 13.9 Å². The number of thiocarbonyl (C=S) groups is 1. The van der Waals surface area contributed by atoms with Crippen molar-refractivity contribution >= 4 is 23.0 Å². The van der Waals surface area contributed by atoms with Crippen molar-refractivity contribution in [2.45, 2.75) is 25.6 Å². The first-order chi connectivity index (χ1) is 9.54. The summed E-state index contributed by atoms with van der Waals surface area (Å²) in [6, 6.07) is 6.12. The van der Waals surface area contributed by atoms with Gasteiger partial charge in [0, 0.05) is 18.8 Å². The van der Waals surface area contributed by atoms with Gasteiger partial charge in [-0.3, -0.25) is 0 Å². The van der Waals surface area contributed by atoms with Crippen LogP contribution in [0.1, 0.15) is 12.8 Å². The molecule has 4 nitrogen and oxygen atoms in total. The molecule has 1 aromatic carbocycles. The van der Waals surface area contributed by atoms with Gasteiger partial charge in [-0.15, -0.1) is 0 Å². The molecule has 20 heavy (non-hydrogen) atoms. The molecule has 1 aromatic rings. The highest BCUT2D eigenvalue weighted by molar-refractivity contribution is 7.80. The fourth-order valence-electron chi connectivity index (χ4n) is 2.06. The van der Waals surface area contributed by atoms with E-state index in [2.05, 4.69) is 10.1 Å². The SMILES string of the molecule is O[C@H]1CCCN(C(=S)Nc2ccc(OC(F)F)cc2)C1. The largest absolute Gasteiger partial charge is 0.435 e. The van der Waals surface area contributed by atoms with Crippen LogP contribution in [0.4, 0.5) is 14.5 Å². The third kappa shape index (κ3) is 4.28. The maximum atomic E-state index is 12.0. The lowest BCUT2D eigenvalue weighted by molar-refractivity contribution is -0.0498. The highest BCUT2D eigenvalue weighted by atomic mass is 32.1. The van der Waals surface area contributed by atoms with Crippen LogP contribution in [0.2, 0.25) is 0 Å². The summed E-state index contributed by atoms with van der Waals surface area (Å²) in [7, 11) is 0. The quantitative estimate of drug-likeness (QED) is 0.840. The molecule has 0 bridgehead atoms. The van der Waals surface area contributed by atoms with Crippen molar-refractivity contribution in [3.8, 4) is 5.75 Å². The Morgan fingerprint density at radius 2 is 2.10 bits per heavy atom. The molecular weight excluding hydrogens is 286 g/mol. The number of hydrogen-bond acceptors (Lipinski definition) is 3. The topological polar surface area (TPSA) is 44.7 Å². The van der Waals surface area contributed by atoms with Gasteiger partial charge in [0.25, 0.3) is 0 Å². The first-order valence-electron chi connectivity index (χ1n) is 6.33. The van der Waals surface area contributed by atoms with E-state index in [1.807, 2.05) is 4.90 Å². The second-order valence-corrected chi connectivity index (χ2v) is 4.96. The van der Waals surface area contributed by atoms with Crippen molar-refractivity contribution in [2.24, 2.45) is 0 Å². The predicted octanol–water partition coefficient (Wildman–Crippen LogP) is 2.44. The molecular formula is C13H16F2N2O2S. The number of hydrogen-bond donors (Lipinski definition) is 2. The van der Waals surface area contributed by atoms with Crippen LogP contribution in [0.3, 0.4) is 0 Å². The zero-order chi connectivity index (χ0) is 14.5. The number of aliphatic hydroxyl groups is 1. The van der Waals surface area contributed by atoms with Crippen LogP contribution in [0, 0.1) is 0 Å². The third-order valence-electron chi connectivity index (χ3n) is 3.01. The Kier molecular flexibility index (Phi) is 5.08. The van der Waals surface area contributed by atoms with Gasteiger partial charge in [-0.2, -0.15) is 8.78 Å². The summed E-state index contributed by atoms with van der Waals surface area (Å²) in [4.78, 5) is 1.90. The maximum absolute atomic E-state index is 12.0. The van der Waals surface area contributed by atoms with E-state index in [1.165, 1.54) is 12.1 Å². The van der Waals surface area contributed by atoms with E-state index >= 15 is 0 Å². The Morgan fingerprint density at radius 3 is 2.70 bits per heavy atom. The molecule has 1 aliphatic rings. The van der Waals surface area contributed by atoms with E-state index in [0.717, 1.165) is 19.4 Å². The van der Waals surface area contributed by atoms with Crippen molar-refractivity contribution in [3.63, 3.8) is 0 Å². The van der Waals surface area contributed by atoms with Gasteiger partial charge in [0.2, 0.25) is 0 Å². The van der Waals surface area contributed by atoms with Gasteiger partial charge in [-0.25, -0.2) is 0 Å². The molecule has 0 amide bonds. The first kappa shape index (κ1) is 14.9. The Morgan fingerprint density at radius 1 is 1.40 bits per heavy atom. The van der Waals surface area contributed by atoms with E-state index in [4.69, 9.17) is 12.2 Å². The number of likely N-dealkylation sites (tertiary alicyclic amines) is 1. The Hall–Kier alpha value is -1.47. The monoisotopic (exact) mass is 302 g/mol. The van der Waals surface area contributed by atoms with Crippen molar-refractivity contribution in [3.05, 3.63) is 24.3 Å². The average molecular weight is 302 g/mol. The fourth-order valence-corrected chi connectivity index (χ4v) is 2.35. The molecule has 0 spiro atoms. The second-order valence-electron chi connectivity index (χ2n) is 4.58. The summed E-state index contributed by atoms with van der Waals surface area (Å²) in [5.41, 5.74) is 0.691.